The lowest BCUT2D eigenvalue weighted by atomic mass is 10.1. The van der Waals surface area contributed by atoms with Gasteiger partial charge >= 0.3 is 0 Å². The van der Waals surface area contributed by atoms with Gasteiger partial charge in [0.05, 0.1) is 16.7 Å². The fraction of sp³-hybridized carbons (Fsp3) is 0.0667. The molecule has 0 saturated carbocycles. The second kappa shape index (κ2) is 5.72. The van der Waals surface area contributed by atoms with Gasteiger partial charge < -0.3 is 11.1 Å². The maximum absolute atomic E-state index is 12.1. The molecule has 0 bridgehead atoms. The summed E-state index contributed by atoms with van der Waals surface area (Å²) in [5.74, 6) is -0.423. The minimum Gasteiger partial charge on any atom is -0.398 e. The molecule has 0 fully saturated rings. The number of nitrogens with two attached hydrogens (primary N) is 1. The summed E-state index contributed by atoms with van der Waals surface area (Å²) in [6.07, 6.45) is 1.40. The highest BCUT2D eigenvalue weighted by molar-refractivity contribution is 6.07. The Hall–Kier alpha value is -3.38. The molecule has 0 atom stereocenters. The van der Waals surface area contributed by atoms with Gasteiger partial charge in [0.2, 0.25) is 0 Å². The SMILES string of the molecule is Cc1cc(N)c(C(=O)Nc2ccc(C#N)c(C#N)c2)cn1. The van der Waals surface area contributed by atoms with Crippen molar-refractivity contribution < 1.29 is 4.79 Å². The van der Waals surface area contributed by atoms with E-state index in [1.807, 2.05) is 12.1 Å². The first-order chi connectivity index (χ1) is 10.0. The van der Waals surface area contributed by atoms with Crippen LogP contribution in [-0.4, -0.2) is 10.9 Å². The average Bonchev–Trinajstić information content (AvgIpc) is 2.46. The molecule has 1 aromatic carbocycles. The molecule has 0 radical (unpaired) electrons. The number of hydrogen-bond donors (Lipinski definition) is 2. The van der Waals surface area contributed by atoms with E-state index in [0.717, 1.165) is 0 Å². The summed E-state index contributed by atoms with van der Waals surface area (Å²) in [4.78, 5) is 16.1. The van der Waals surface area contributed by atoms with Crippen molar-refractivity contribution in [2.75, 3.05) is 11.1 Å². The molecule has 2 rings (SSSR count). The first-order valence-corrected chi connectivity index (χ1v) is 6.03. The lowest BCUT2D eigenvalue weighted by Gasteiger charge is -2.08. The first-order valence-electron chi connectivity index (χ1n) is 6.03. The van der Waals surface area contributed by atoms with E-state index in [0.29, 0.717) is 17.1 Å². The van der Waals surface area contributed by atoms with Crippen LogP contribution in [-0.2, 0) is 0 Å². The molecule has 6 heteroatoms. The third kappa shape index (κ3) is 2.96. The molecule has 1 aromatic heterocycles. The molecule has 0 aliphatic carbocycles. The summed E-state index contributed by atoms with van der Waals surface area (Å²) in [6, 6.07) is 9.89. The third-order valence-corrected chi connectivity index (χ3v) is 2.84. The van der Waals surface area contributed by atoms with E-state index >= 15 is 0 Å². The molecular weight excluding hydrogens is 266 g/mol. The Morgan fingerprint density at radius 1 is 1.24 bits per heavy atom. The number of aromatic nitrogens is 1. The number of nitrogens with zero attached hydrogens (tertiary/aromatic N) is 3. The van der Waals surface area contributed by atoms with Gasteiger partial charge in [0, 0.05) is 23.3 Å². The molecule has 3 N–H and O–H groups in total. The van der Waals surface area contributed by atoms with Crippen LogP contribution in [0, 0.1) is 29.6 Å². The fourth-order valence-corrected chi connectivity index (χ4v) is 1.78. The maximum atomic E-state index is 12.1. The number of hydrogen-bond acceptors (Lipinski definition) is 5. The van der Waals surface area contributed by atoms with Gasteiger partial charge in [-0.2, -0.15) is 10.5 Å². The molecule has 0 aliphatic heterocycles. The van der Waals surface area contributed by atoms with Crippen LogP contribution < -0.4 is 11.1 Å². The summed E-state index contributed by atoms with van der Waals surface area (Å²) in [7, 11) is 0. The Morgan fingerprint density at radius 2 is 1.95 bits per heavy atom. The summed E-state index contributed by atoms with van der Waals surface area (Å²) >= 11 is 0. The van der Waals surface area contributed by atoms with Gasteiger partial charge in [-0.15, -0.1) is 0 Å². The summed E-state index contributed by atoms with van der Waals surface area (Å²) in [5, 5.41) is 20.4. The number of amides is 1. The van der Waals surface area contributed by atoms with E-state index < -0.39 is 5.91 Å². The topological polar surface area (TPSA) is 116 Å². The summed E-state index contributed by atoms with van der Waals surface area (Å²) in [5.41, 5.74) is 7.95. The van der Waals surface area contributed by atoms with Crippen LogP contribution in [0.1, 0.15) is 27.2 Å². The van der Waals surface area contributed by atoms with E-state index in [2.05, 4.69) is 10.3 Å². The van der Waals surface area contributed by atoms with Crippen LogP contribution in [0.15, 0.2) is 30.5 Å². The van der Waals surface area contributed by atoms with Crippen LogP contribution >= 0.6 is 0 Å². The van der Waals surface area contributed by atoms with Crippen molar-refractivity contribution in [3.05, 3.63) is 52.8 Å². The second-order valence-corrected chi connectivity index (χ2v) is 4.35. The van der Waals surface area contributed by atoms with E-state index in [1.54, 1.807) is 19.1 Å². The molecule has 21 heavy (non-hydrogen) atoms. The largest absolute Gasteiger partial charge is 0.398 e. The summed E-state index contributed by atoms with van der Waals surface area (Å²) < 4.78 is 0. The minimum absolute atomic E-state index is 0.199. The Balaban J connectivity index is 2.28. The van der Waals surface area contributed by atoms with Gasteiger partial charge in [0.25, 0.3) is 5.91 Å². The second-order valence-electron chi connectivity index (χ2n) is 4.35. The Labute approximate surface area is 121 Å². The number of carbonyl (C=O) groups is 1. The van der Waals surface area contributed by atoms with Crippen molar-refractivity contribution in [1.29, 1.82) is 10.5 Å². The summed E-state index contributed by atoms with van der Waals surface area (Å²) in [6.45, 7) is 1.78. The number of pyridine rings is 1. The standard InChI is InChI=1S/C15H11N5O/c1-9-4-14(18)13(8-19-9)15(21)20-12-3-2-10(6-16)11(5-12)7-17/h2-5,8H,1H3,(H2,18,19)(H,20,21). The molecule has 0 spiro atoms. The van der Waals surface area contributed by atoms with Crippen molar-refractivity contribution in [1.82, 2.24) is 4.98 Å². The highest BCUT2D eigenvalue weighted by atomic mass is 16.1. The van der Waals surface area contributed by atoms with Gasteiger partial charge in [0.1, 0.15) is 12.1 Å². The van der Waals surface area contributed by atoms with Crippen LogP contribution in [0.2, 0.25) is 0 Å². The molecule has 2 aromatic rings. The number of nitrogens with one attached hydrogen (secondary N) is 1. The zero-order valence-corrected chi connectivity index (χ0v) is 11.2. The highest BCUT2D eigenvalue weighted by Gasteiger charge is 2.12. The van der Waals surface area contributed by atoms with Crippen molar-refractivity contribution in [3.63, 3.8) is 0 Å². The smallest absolute Gasteiger partial charge is 0.259 e. The molecule has 0 aliphatic rings. The maximum Gasteiger partial charge on any atom is 0.259 e. The highest BCUT2D eigenvalue weighted by Crippen LogP contribution is 2.17. The third-order valence-electron chi connectivity index (χ3n) is 2.84. The normalized spacial score (nSPS) is 9.48. The van der Waals surface area contributed by atoms with E-state index in [4.69, 9.17) is 16.3 Å². The molecule has 102 valence electrons. The molecular formula is C15H11N5O. The first kappa shape index (κ1) is 14.0. The molecule has 0 saturated heterocycles. The monoisotopic (exact) mass is 277 g/mol. The number of benzene rings is 1. The number of rotatable bonds is 2. The van der Waals surface area contributed by atoms with Crippen LogP contribution in [0.5, 0.6) is 0 Å². The van der Waals surface area contributed by atoms with Gasteiger partial charge in [-0.1, -0.05) is 0 Å². The Bertz CT molecular complexity index is 799. The van der Waals surface area contributed by atoms with Crippen molar-refractivity contribution in [3.8, 4) is 12.1 Å². The zero-order valence-electron chi connectivity index (χ0n) is 11.2. The quantitative estimate of drug-likeness (QED) is 0.870. The number of aryl methyl sites for hydroxylation is 1. The van der Waals surface area contributed by atoms with Crippen LogP contribution in [0.4, 0.5) is 11.4 Å². The van der Waals surface area contributed by atoms with E-state index in [1.165, 1.54) is 18.3 Å². The molecule has 0 unspecified atom stereocenters. The van der Waals surface area contributed by atoms with Crippen molar-refractivity contribution >= 4 is 17.3 Å². The minimum atomic E-state index is -0.423. The lowest BCUT2D eigenvalue weighted by molar-refractivity contribution is 0.102. The van der Waals surface area contributed by atoms with Crippen LogP contribution in [0.25, 0.3) is 0 Å². The molecule has 1 amide bonds. The lowest BCUT2D eigenvalue weighted by Crippen LogP contribution is -2.14. The Kier molecular flexibility index (Phi) is 3.83. The predicted molar refractivity (Wildman–Crippen MR) is 77.2 cm³/mol. The molecule has 1 heterocycles. The van der Waals surface area contributed by atoms with E-state index in [9.17, 15) is 4.79 Å². The van der Waals surface area contributed by atoms with Crippen LogP contribution in [0.3, 0.4) is 0 Å². The number of nitrogen functional groups attached to an aromatic ring is 1. The van der Waals surface area contributed by atoms with Gasteiger partial charge in [0.15, 0.2) is 0 Å². The molecule has 6 nitrogen and oxygen atoms in total. The van der Waals surface area contributed by atoms with Gasteiger partial charge in [-0.3, -0.25) is 9.78 Å². The number of nitriles is 2. The average molecular weight is 277 g/mol. The number of anilines is 2. The number of carbonyl (C=O) groups excluding carboxylic acids is 1. The zero-order chi connectivity index (χ0) is 15.4. The Morgan fingerprint density at radius 3 is 2.57 bits per heavy atom. The van der Waals surface area contributed by atoms with Crippen molar-refractivity contribution in [2.45, 2.75) is 6.92 Å². The van der Waals surface area contributed by atoms with Gasteiger partial charge in [-0.25, -0.2) is 0 Å². The predicted octanol–water partition coefficient (Wildman–Crippen LogP) is 1.97. The fourth-order valence-electron chi connectivity index (χ4n) is 1.78. The van der Waals surface area contributed by atoms with E-state index in [-0.39, 0.29) is 16.7 Å². The van der Waals surface area contributed by atoms with Crippen molar-refractivity contribution in [2.24, 2.45) is 0 Å². The van der Waals surface area contributed by atoms with Gasteiger partial charge in [-0.05, 0) is 31.2 Å².